The molecule has 0 saturated carbocycles. The third-order valence-corrected chi connectivity index (χ3v) is 3.81. The summed E-state index contributed by atoms with van der Waals surface area (Å²) in [5.41, 5.74) is 1.30. The first-order valence-corrected chi connectivity index (χ1v) is 8.12. The molecule has 0 saturated heterocycles. The Morgan fingerprint density at radius 3 is 2.37 bits per heavy atom. The zero-order valence-corrected chi connectivity index (χ0v) is 14.8. The lowest BCUT2D eigenvalue weighted by Crippen LogP contribution is -2.32. The van der Waals surface area contributed by atoms with Crippen molar-refractivity contribution in [1.82, 2.24) is 5.32 Å². The van der Waals surface area contributed by atoms with Gasteiger partial charge in [-0.1, -0.05) is 64.8 Å². The van der Waals surface area contributed by atoms with Crippen molar-refractivity contribution in [2.24, 2.45) is 5.41 Å². The van der Waals surface area contributed by atoms with E-state index in [4.69, 9.17) is 0 Å². The number of alkyl halides is 1. The van der Waals surface area contributed by atoms with Crippen LogP contribution in [0.25, 0.3) is 0 Å². The normalized spacial score (nSPS) is 13.1. The topological polar surface area (TPSA) is 29.1 Å². The summed E-state index contributed by atoms with van der Waals surface area (Å²) >= 11 is 7.00. The highest BCUT2D eigenvalue weighted by Crippen LogP contribution is 2.24. The highest BCUT2D eigenvalue weighted by atomic mass is 79.9. The number of carbonyl (C=O) groups is 1. The first-order valence-electron chi connectivity index (χ1n) is 6.41. The maximum Gasteiger partial charge on any atom is 0.224 e. The van der Waals surface area contributed by atoms with Crippen LogP contribution in [-0.4, -0.2) is 17.3 Å². The van der Waals surface area contributed by atoms with Gasteiger partial charge >= 0.3 is 0 Å². The quantitative estimate of drug-likeness (QED) is 0.745. The zero-order chi connectivity index (χ0) is 14.5. The van der Waals surface area contributed by atoms with Crippen molar-refractivity contribution in [1.29, 1.82) is 0 Å². The lowest BCUT2D eigenvalue weighted by atomic mass is 9.90. The molecule has 1 N–H and O–H groups in total. The van der Waals surface area contributed by atoms with Crippen LogP contribution in [0.2, 0.25) is 0 Å². The van der Waals surface area contributed by atoms with Gasteiger partial charge in [0.2, 0.25) is 5.91 Å². The van der Waals surface area contributed by atoms with Crippen LogP contribution in [0.15, 0.2) is 28.7 Å². The molecule has 0 fully saturated rings. The molecule has 106 valence electrons. The maximum atomic E-state index is 11.8. The monoisotopic (exact) mass is 389 g/mol. The summed E-state index contributed by atoms with van der Waals surface area (Å²) < 4.78 is 1.03. The molecule has 0 aliphatic heterocycles. The van der Waals surface area contributed by atoms with E-state index < -0.39 is 0 Å². The predicted molar refractivity (Wildman–Crippen MR) is 87.6 cm³/mol. The van der Waals surface area contributed by atoms with E-state index in [1.807, 2.05) is 24.3 Å². The Kier molecular flexibility index (Phi) is 6.54. The summed E-state index contributed by atoms with van der Waals surface area (Å²) in [6, 6.07) is 7.83. The molecule has 1 atom stereocenters. The molecule has 1 amide bonds. The molecule has 0 aliphatic carbocycles. The Morgan fingerprint density at radius 2 is 1.84 bits per heavy atom. The molecule has 1 aromatic carbocycles. The van der Waals surface area contributed by atoms with E-state index in [1.54, 1.807) is 0 Å². The largest absolute Gasteiger partial charge is 0.355 e. The van der Waals surface area contributed by atoms with Crippen molar-refractivity contribution in [3.8, 4) is 0 Å². The van der Waals surface area contributed by atoms with Crippen LogP contribution in [0, 0.1) is 5.41 Å². The van der Waals surface area contributed by atoms with Crippen molar-refractivity contribution in [3.05, 3.63) is 34.3 Å². The van der Waals surface area contributed by atoms with Crippen molar-refractivity contribution < 1.29 is 4.79 Å². The lowest BCUT2D eigenvalue weighted by molar-refractivity contribution is -0.120. The minimum absolute atomic E-state index is 0.0701. The number of nitrogens with one attached hydrogen (secondary N) is 1. The Labute approximate surface area is 132 Å². The van der Waals surface area contributed by atoms with E-state index in [0.29, 0.717) is 17.8 Å². The van der Waals surface area contributed by atoms with Crippen LogP contribution in [0.5, 0.6) is 0 Å². The van der Waals surface area contributed by atoms with Gasteiger partial charge in [0.05, 0.1) is 6.42 Å². The number of benzene rings is 1. The molecule has 0 spiro atoms. The van der Waals surface area contributed by atoms with Crippen LogP contribution in [0.1, 0.15) is 32.8 Å². The number of halogens is 2. The first-order chi connectivity index (χ1) is 8.76. The number of amides is 1. The second-order valence-corrected chi connectivity index (χ2v) is 8.18. The molecule has 0 aromatic heterocycles. The van der Waals surface area contributed by atoms with Crippen LogP contribution in [0.4, 0.5) is 0 Å². The molecule has 1 aromatic rings. The van der Waals surface area contributed by atoms with Crippen molar-refractivity contribution >= 4 is 37.8 Å². The summed E-state index contributed by atoms with van der Waals surface area (Å²) in [6.45, 7) is 7.27. The summed E-state index contributed by atoms with van der Waals surface area (Å²) in [4.78, 5) is 12.1. The van der Waals surface area contributed by atoms with Gasteiger partial charge in [0.1, 0.15) is 0 Å². The van der Waals surface area contributed by atoms with Crippen molar-refractivity contribution in [2.45, 2.75) is 38.4 Å². The van der Waals surface area contributed by atoms with Crippen molar-refractivity contribution in [3.63, 3.8) is 0 Å². The smallest absolute Gasteiger partial charge is 0.224 e. The third-order valence-electron chi connectivity index (χ3n) is 2.63. The number of hydrogen-bond donors (Lipinski definition) is 1. The number of carbonyl (C=O) groups excluding carboxylic acids is 1. The number of hydrogen-bond acceptors (Lipinski definition) is 1. The van der Waals surface area contributed by atoms with E-state index in [2.05, 4.69) is 57.9 Å². The summed E-state index contributed by atoms with van der Waals surface area (Å²) in [6.07, 6.45) is 1.47. The van der Waals surface area contributed by atoms with Crippen LogP contribution in [0.3, 0.4) is 0 Å². The van der Waals surface area contributed by atoms with Gasteiger partial charge in [-0.25, -0.2) is 0 Å². The third kappa shape index (κ3) is 7.73. The van der Waals surface area contributed by atoms with Gasteiger partial charge in [0.25, 0.3) is 0 Å². The molecule has 0 bridgehead atoms. The molecule has 0 heterocycles. The average molecular weight is 391 g/mol. The molecular weight excluding hydrogens is 370 g/mol. The minimum Gasteiger partial charge on any atom is -0.355 e. The fourth-order valence-corrected chi connectivity index (χ4v) is 3.21. The molecular formula is C15H21Br2NO. The highest BCUT2D eigenvalue weighted by Gasteiger charge is 2.16. The van der Waals surface area contributed by atoms with Gasteiger partial charge < -0.3 is 5.32 Å². The van der Waals surface area contributed by atoms with E-state index >= 15 is 0 Å². The van der Waals surface area contributed by atoms with Crippen LogP contribution in [-0.2, 0) is 11.2 Å². The predicted octanol–water partition coefficient (Wildman–Crippen LogP) is 4.31. The standard InChI is InChI=1S/C15H21Br2NO/c1-15(2,3)9-13(17)10-18-14(19)8-11-4-6-12(16)7-5-11/h4-7,13H,8-10H2,1-3H3,(H,18,19). The van der Waals surface area contributed by atoms with Crippen LogP contribution < -0.4 is 5.32 Å². The summed E-state index contributed by atoms with van der Waals surface area (Å²) in [5, 5.41) is 2.97. The fourth-order valence-electron chi connectivity index (χ4n) is 1.81. The summed E-state index contributed by atoms with van der Waals surface area (Å²) in [7, 11) is 0. The molecule has 4 heteroatoms. The second kappa shape index (κ2) is 7.44. The Balaban J connectivity index is 2.34. The van der Waals surface area contributed by atoms with Gasteiger partial charge in [0, 0.05) is 15.8 Å². The van der Waals surface area contributed by atoms with Gasteiger partial charge in [-0.15, -0.1) is 0 Å². The molecule has 0 aliphatic rings. The van der Waals surface area contributed by atoms with Gasteiger partial charge in [-0.3, -0.25) is 4.79 Å². The molecule has 1 rings (SSSR count). The Hall–Kier alpha value is -0.350. The molecule has 2 nitrogen and oxygen atoms in total. The average Bonchev–Trinajstić information content (AvgIpc) is 2.27. The van der Waals surface area contributed by atoms with Gasteiger partial charge in [-0.2, -0.15) is 0 Å². The van der Waals surface area contributed by atoms with E-state index in [0.717, 1.165) is 16.5 Å². The van der Waals surface area contributed by atoms with Crippen molar-refractivity contribution in [2.75, 3.05) is 6.54 Å². The molecule has 1 unspecified atom stereocenters. The zero-order valence-electron chi connectivity index (χ0n) is 11.7. The second-order valence-electron chi connectivity index (χ2n) is 5.97. The number of rotatable bonds is 5. The minimum atomic E-state index is 0.0701. The maximum absolute atomic E-state index is 11.8. The molecule has 19 heavy (non-hydrogen) atoms. The fraction of sp³-hybridized carbons (Fsp3) is 0.533. The van der Waals surface area contributed by atoms with Gasteiger partial charge in [-0.05, 0) is 29.5 Å². The summed E-state index contributed by atoms with van der Waals surface area (Å²) in [5.74, 6) is 0.0701. The lowest BCUT2D eigenvalue weighted by Gasteiger charge is -2.22. The van der Waals surface area contributed by atoms with Crippen LogP contribution >= 0.6 is 31.9 Å². The molecule has 0 radical (unpaired) electrons. The highest BCUT2D eigenvalue weighted by molar-refractivity contribution is 9.10. The first kappa shape index (κ1) is 16.7. The Bertz CT molecular complexity index is 409. The van der Waals surface area contributed by atoms with E-state index in [1.165, 1.54) is 0 Å². The SMILES string of the molecule is CC(C)(C)CC(Br)CNC(=O)Cc1ccc(Br)cc1. The van der Waals surface area contributed by atoms with E-state index in [9.17, 15) is 4.79 Å². The van der Waals surface area contributed by atoms with E-state index in [-0.39, 0.29) is 11.3 Å². The van der Waals surface area contributed by atoms with Gasteiger partial charge in [0.15, 0.2) is 0 Å². The Morgan fingerprint density at radius 1 is 1.26 bits per heavy atom.